The van der Waals surface area contributed by atoms with Crippen molar-refractivity contribution in [1.29, 1.82) is 0 Å². The second kappa shape index (κ2) is 8.10. The van der Waals surface area contributed by atoms with E-state index in [2.05, 4.69) is 12.2 Å². The molecule has 106 valence electrons. The first-order valence-electron chi connectivity index (χ1n) is 7.36. The molecule has 0 spiro atoms. The van der Waals surface area contributed by atoms with E-state index in [1.165, 1.54) is 12.8 Å². The smallest absolute Gasteiger partial charge is 0.0809 e. The first kappa shape index (κ1) is 14.3. The molecule has 4 nitrogen and oxygen atoms in total. The molecule has 2 rings (SSSR count). The summed E-state index contributed by atoms with van der Waals surface area (Å²) in [5, 5.41) is 3.56. The maximum absolute atomic E-state index is 5.64. The number of hydrogen-bond donors (Lipinski definition) is 1. The molecule has 2 heterocycles. The van der Waals surface area contributed by atoms with Crippen molar-refractivity contribution in [2.24, 2.45) is 5.92 Å². The molecule has 2 aliphatic rings. The topological polar surface area (TPSA) is 39.7 Å². The Labute approximate surface area is 110 Å². The Balaban J connectivity index is 1.40. The van der Waals surface area contributed by atoms with Crippen LogP contribution in [0.5, 0.6) is 0 Å². The van der Waals surface area contributed by atoms with Crippen molar-refractivity contribution >= 4 is 0 Å². The minimum Gasteiger partial charge on any atom is -0.381 e. The lowest BCUT2D eigenvalue weighted by atomic mass is 10.0. The van der Waals surface area contributed by atoms with Crippen LogP contribution in [0.1, 0.15) is 32.6 Å². The zero-order valence-corrected chi connectivity index (χ0v) is 11.5. The van der Waals surface area contributed by atoms with Crippen molar-refractivity contribution in [1.82, 2.24) is 5.32 Å². The van der Waals surface area contributed by atoms with Crippen molar-refractivity contribution in [3.05, 3.63) is 0 Å². The van der Waals surface area contributed by atoms with Crippen LogP contribution in [0.15, 0.2) is 0 Å². The minimum absolute atomic E-state index is 0.354. The van der Waals surface area contributed by atoms with Crippen LogP contribution in [0.2, 0.25) is 0 Å². The van der Waals surface area contributed by atoms with Gasteiger partial charge in [-0.05, 0) is 45.1 Å². The van der Waals surface area contributed by atoms with Gasteiger partial charge in [0.15, 0.2) is 0 Å². The summed E-state index contributed by atoms with van der Waals surface area (Å²) < 4.78 is 16.5. The maximum Gasteiger partial charge on any atom is 0.0809 e. The number of nitrogens with one attached hydrogen (secondary N) is 1. The number of ether oxygens (including phenoxy) is 3. The van der Waals surface area contributed by atoms with Gasteiger partial charge in [0.2, 0.25) is 0 Å². The fraction of sp³-hybridized carbons (Fsp3) is 1.00. The predicted octanol–water partition coefficient (Wildman–Crippen LogP) is 1.59. The summed E-state index contributed by atoms with van der Waals surface area (Å²) in [6.07, 6.45) is 4.98. The lowest BCUT2D eigenvalue weighted by Crippen LogP contribution is -2.34. The molecule has 0 aromatic carbocycles. The quantitative estimate of drug-likeness (QED) is 0.670. The molecule has 2 aliphatic heterocycles. The Morgan fingerprint density at radius 2 is 2.28 bits per heavy atom. The molecule has 4 heteroatoms. The molecule has 2 fully saturated rings. The first-order chi connectivity index (χ1) is 8.86. The third-order valence-corrected chi connectivity index (χ3v) is 3.93. The van der Waals surface area contributed by atoms with Crippen LogP contribution in [0.25, 0.3) is 0 Å². The normalized spacial score (nSPS) is 29.8. The van der Waals surface area contributed by atoms with Gasteiger partial charge in [0.25, 0.3) is 0 Å². The van der Waals surface area contributed by atoms with Crippen LogP contribution >= 0.6 is 0 Å². The van der Waals surface area contributed by atoms with Gasteiger partial charge in [-0.15, -0.1) is 0 Å². The summed E-state index contributed by atoms with van der Waals surface area (Å²) in [7, 11) is 0. The Kier molecular flexibility index (Phi) is 6.41. The van der Waals surface area contributed by atoms with Crippen molar-refractivity contribution in [3.63, 3.8) is 0 Å². The van der Waals surface area contributed by atoms with Gasteiger partial charge in [0, 0.05) is 25.9 Å². The second-order valence-corrected chi connectivity index (χ2v) is 5.43. The fourth-order valence-corrected chi connectivity index (χ4v) is 2.61. The van der Waals surface area contributed by atoms with E-state index in [0.717, 1.165) is 52.4 Å². The van der Waals surface area contributed by atoms with Gasteiger partial charge in [-0.2, -0.15) is 0 Å². The molecular formula is C14H27NO3. The fourth-order valence-electron chi connectivity index (χ4n) is 2.61. The second-order valence-electron chi connectivity index (χ2n) is 5.43. The molecule has 0 radical (unpaired) electrons. The molecule has 3 unspecified atom stereocenters. The van der Waals surface area contributed by atoms with Crippen LogP contribution in [-0.2, 0) is 14.2 Å². The lowest BCUT2D eigenvalue weighted by molar-refractivity contribution is 0.0164. The molecule has 0 amide bonds. The van der Waals surface area contributed by atoms with Crippen molar-refractivity contribution in [3.8, 4) is 0 Å². The van der Waals surface area contributed by atoms with E-state index in [-0.39, 0.29) is 0 Å². The summed E-state index contributed by atoms with van der Waals surface area (Å²) in [4.78, 5) is 0. The summed E-state index contributed by atoms with van der Waals surface area (Å²) in [6.45, 7) is 7.66. The highest BCUT2D eigenvalue weighted by molar-refractivity contribution is 4.75. The van der Waals surface area contributed by atoms with E-state index >= 15 is 0 Å². The lowest BCUT2D eigenvalue weighted by Gasteiger charge is -2.19. The number of rotatable bonds is 8. The van der Waals surface area contributed by atoms with Crippen LogP contribution in [0.3, 0.4) is 0 Å². The molecule has 18 heavy (non-hydrogen) atoms. The van der Waals surface area contributed by atoms with Gasteiger partial charge in [-0.1, -0.05) is 0 Å². The highest BCUT2D eigenvalue weighted by atomic mass is 16.5. The molecule has 0 bridgehead atoms. The van der Waals surface area contributed by atoms with Gasteiger partial charge >= 0.3 is 0 Å². The number of hydrogen-bond acceptors (Lipinski definition) is 4. The summed E-state index contributed by atoms with van der Waals surface area (Å²) in [5.74, 6) is 0.692. The molecule has 2 saturated heterocycles. The molecule has 1 N–H and O–H groups in total. The largest absolute Gasteiger partial charge is 0.381 e. The highest BCUT2D eigenvalue weighted by Gasteiger charge is 2.21. The van der Waals surface area contributed by atoms with E-state index in [9.17, 15) is 0 Å². The average Bonchev–Trinajstić information content (AvgIpc) is 3.05. The molecule has 0 aromatic heterocycles. The van der Waals surface area contributed by atoms with E-state index < -0.39 is 0 Å². The Morgan fingerprint density at radius 3 is 3.00 bits per heavy atom. The van der Waals surface area contributed by atoms with Crippen LogP contribution in [0.4, 0.5) is 0 Å². The van der Waals surface area contributed by atoms with Gasteiger partial charge < -0.3 is 19.5 Å². The van der Waals surface area contributed by atoms with Crippen molar-refractivity contribution in [2.75, 3.05) is 39.6 Å². The Hall–Kier alpha value is -0.160. The molecule has 0 saturated carbocycles. The van der Waals surface area contributed by atoms with Crippen LogP contribution < -0.4 is 5.32 Å². The Bertz CT molecular complexity index is 213. The summed E-state index contributed by atoms with van der Waals surface area (Å²) >= 11 is 0. The molecule has 0 aliphatic carbocycles. The van der Waals surface area contributed by atoms with E-state index in [4.69, 9.17) is 14.2 Å². The molecule has 3 atom stereocenters. The highest BCUT2D eigenvalue weighted by Crippen LogP contribution is 2.16. The SMILES string of the molecule is CC(NCCCOCC1CCCO1)C1CCOC1. The van der Waals surface area contributed by atoms with Crippen molar-refractivity contribution in [2.45, 2.75) is 44.8 Å². The monoisotopic (exact) mass is 257 g/mol. The average molecular weight is 257 g/mol. The Morgan fingerprint density at radius 1 is 1.33 bits per heavy atom. The van der Waals surface area contributed by atoms with Gasteiger partial charge in [-0.3, -0.25) is 0 Å². The van der Waals surface area contributed by atoms with E-state index in [1.54, 1.807) is 0 Å². The van der Waals surface area contributed by atoms with Crippen LogP contribution in [-0.4, -0.2) is 51.7 Å². The van der Waals surface area contributed by atoms with Gasteiger partial charge in [0.1, 0.15) is 0 Å². The molecular weight excluding hydrogens is 230 g/mol. The summed E-state index contributed by atoms with van der Waals surface area (Å²) in [5.41, 5.74) is 0. The zero-order chi connectivity index (χ0) is 12.6. The molecule has 0 aromatic rings. The van der Waals surface area contributed by atoms with Gasteiger partial charge in [0.05, 0.1) is 19.3 Å². The van der Waals surface area contributed by atoms with Crippen LogP contribution in [0, 0.1) is 5.92 Å². The zero-order valence-electron chi connectivity index (χ0n) is 11.5. The van der Waals surface area contributed by atoms with E-state index in [0.29, 0.717) is 18.1 Å². The minimum atomic E-state index is 0.354. The maximum atomic E-state index is 5.64. The standard InChI is InChI=1S/C14H27NO3/c1-12(13-5-9-17-10-13)15-6-3-7-16-11-14-4-2-8-18-14/h12-15H,2-11H2,1H3. The summed E-state index contributed by atoms with van der Waals surface area (Å²) in [6, 6.07) is 0.561. The van der Waals surface area contributed by atoms with E-state index in [1.807, 2.05) is 0 Å². The van der Waals surface area contributed by atoms with Gasteiger partial charge in [-0.25, -0.2) is 0 Å². The first-order valence-corrected chi connectivity index (χ1v) is 7.36. The third kappa shape index (κ3) is 4.84. The van der Waals surface area contributed by atoms with Crippen molar-refractivity contribution < 1.29 is 14.2 Å². The third-order valence-electron chi connectivity index (χ3n) is 3.93. The predicted molar refractivity (Wildman–Crippen MR) is 70.8 cm³/mol.